The minimum Gasteiger partial charge on any atom is -0.381 e. The zero-order chi connectivity index (χ0) is 16.2. The highest BCUT2D eigenvalue weighted by Crippen LogP contribution is 2.17. The predicted molar refractivity (Wildman–Crippen MR) is 95.0 cm³/mol. The van der Waals surface area contributed by atoms with Crippen LogP contribution < -0.4 is 15.5 Å². The van der Waals surface area contributed by atoms with Crippen LogP contribution in [-0.2, 0) is 11.3 Å². The van der Waals surface area contributed by atoms with Crippen molar-refractivity contribution in [1.82, 2.24) is 15.6 Å². The summed E-state index contributed by atoms with van der Waals surface area (Å²) in [4.78, 5) is 10.8. The smallest absolute Gasteiger partial charge is 0.191 e. The van der Waals surface area contributed by atoms with E-state index in [1.807, 2.05) is 19.0 Å². The minimum atomic E-state index is 0.678. The van der Waals surface area contributed by atoms with Gasteiger partial charge in [-0.3, -0.25) is 4.99 Å². The van der Waals surface area contributed by atoms with Crippen LogP contribution in [0.1, 0.15) is 31.9 Å². The molecule has 0 atom stereocenters. The third kappa shape index (κ3) is 7.61. The first kappa shape index (κ1) is 18.7. The second-order valence-electron chi connectivity index (χ2n) is 5.19. The SMILES string of the molecule is CCCCOCCCNC(=NC)NCc1csc(N(C)C)n1. The molecule has 0 fully saturated rings. The van der Waals surface area contributed by atoms with Crippen LogP contribution in [-0.4, -0.2) is 51.8 Å². The Bertz CT molecular complexity index is 433. The summed E-state index contributed by atoms with van der Waals surface area (Å²) < 4.78 is 5.53. The van der Waals surface area contributed by atoms with Gasteiger partial charge in [0.15, 0.2) is 11.1 Å². The van der Waals surface area contributed by atoms with Gasteiger partial charge in [-0.1, -0.05) is 13.3 Å². The molecule has 1 aromatic heterocycles. The summed E-state index contributed by atoms with van der Waals surface area (Å²) in [6, 6.07) is 0. The number of unbranched alkanes of at least 4 members (excludes halogenated alkanes) is 1. The van der Waals surface area contributed by atoms with Crippen LogP contribution in [0.2, 0.25) is 0 Å². The van der Waals surface area contributed by atoms with E-state index in [0.717, 1.165) is 49.4 Å². The first-order valence-electron chi connectivity index (χ1n) is 7.81. The van der Waals surface area contributed by atoms with Crippen LogP contribution in [0.4, 0.5) is 5.13 Å². The first-order valence-corrected chi connectivity index (χ1v) is 8.69. The molecule has 0 aromatic carbocycles. The fourth-order valence-corrected chi connectivity index (χ4v) is 2.47. The van der Waals surface area contributed by atoms with E-state index in [-0.39, 0.29) is 0 Å². The number of ether oxygens (including phenoxy) is 1. The summed E-state index contributed by atoms with van der Waals surface area (Å²) in [6.07, 6.45) is 3.30. The van der Waals surface area contributed by atoms with Crippen LogP contribution in [0.5, 0.6) is 0 Å². The molecule has 0 spiro atoms. The van der Waals surface area contributed by atoms with Gasteiger partial charge in [0.25, 0.3) is 0 Å². The molecule has 2 N–H and O–H groups in total. The Morgan fingerprint density at radius 1 is 1.32 bits per heavy atom. The molecule has 0 saturated heterocycles. The van der Waals surface area contributed by atoms with E-state index >= 15 is 0 Å². The van der Waals surface area contributed by atoms with Gasteiger partial charge >= 0.3 is 0 Å². The van der Waals surface area contributed by atoms with Crippen LogP contribution in [0, 0.1) is 0 Å². The van der Waals surface area contributed by atoms with E-state index in [1.54, 1.807) is 18.4 Å². The molecule has 1 heterocycles. The van der Waals surface area contributed by atoms with E-state index in [9.17, 15) is 0 Å². The third-order valence-electron chi connectivity index (χ3n) is 2.98. The molecule has 0 aliphatic rings. The van der Waals surface area contributed by atoms with Crippen LogP contribution in [0.25, 0.3) is 0 Å². The summed E-state index contributed by atoms with van der Waals surface area (Å²) in [5.74, 6) is 0.799. The van der Waals surface area contributed by atoms with Crippen LogP contribution in [0.3, 0.4) is 0 Å². The number of hydrogen-bond donors (Lipinski definition) is 2. The van der Waals surface area contributed by atoms with Gasteiger partial charge < -0.3 is 20.3 Å². The van der Waals surface area contributed by atoms with Crippen molar-refractivity contribution in [2.45, 2.75) is 32.7 Å². The molecule has 7 heteroatoms. The molecule has 0 saturated carbocycles. The summed E-state index contributed by atoms with van der Waals surface area (Å²) in [6.45, 7) is 5.36. The van der Waals surface area contributed by atoms with E-state index in [4.69, 9.17) is 4.74 Å². The summed E-state index contributed by atoms with van der Waals surface area (Å²) in [5, 5.41) is 9.64. The van der Waals surface area contributed by atoms with Gasteiger partial charge in [0.2, 0.25) is 0 Å². The van der Waals surface area contributed by atoms with Gasteiger partial charge in [0, 0.05) is 46.3 Å². The quantitative estimate of drug-likeness (QED) is 0.391. The average molecular weight is 327 g/mol. The number of thiazole rings is 1. The fourth-order valence-electron chi connectivity index (χ4n) is 1.71. The number of nitrogens with one attached hydrogen (secondary N) is 2. The molecule has 22 heavy (non-hydrogen) atoms. The van der Waals surface area contributed by atoms with E-state index < -0.39 is 0 Å². The lowest BCUT2D eigenvalue weighted by Gasteiger charge is -2.11. The molecule has 0 radical (unpaired) electrons. The van der Waals surface area contributed by atoms with Gasteiger partial charge in [-0.05, 0) is 12.8 Å². The summed E-state index contributed by atoms with van der Waals surface area (Å²) >= 11 is 1.65. The van der Waals surface area contributed by atoms with Gasteiger partial charge in [-0.25, -0.2) is 4.98 Å². The van der Waals surface area contributed by atoms with Crippen molar-refractivity contribution in [3.8, 4) is 0 Å². The Balaban J connectivity index is 2.16. The van der Waals surface area contributed by atoms with E-state index in [1.165, 1.54) is 6.42 Å². The third-order valence-corrected chi connectivity index (χ3v) is 4.04. The maximum absolute atomic E-state index is 5.53. The van der Waals surface area contributed by atoms with Gasteiger partial charge in [-0.2, -0.15) is 0 Å². The second-order valence-corrected chi connectivity index (χ2v) is 6.02. The van der Waals surface area contributed by atoms with Crippen LogP contribution in [0.15, 0.2) is 10.4 Å². The average Bonchev–Trinajstić information content (AvgIpc) is 2.98. The maximum Gasteiger partial charge on any atom is 0.191 e. The molecule has 0 aliphatic heterocycles. The Hall–Kier alpha value is -1.34. The molecule has 1 rings (SSSR count). The van der Waals surface area contributed by atoms with Crippen molar-refractivity contribution >= 4 is 22.4 Å². The summed E-state index contributed by atoms with van der Waals surface area (Å²) in [5.41, 5.74) is 1.03. The first-order chi connectivity index (χ1) is 10.7. The number of anilines is 1. The molecule has 0 bridgehead atoms. The number of aromatic nitrogens is 1. The number of guanidine groups is 1. The molecule has 0 aliphatic carbocycles. The van der Waals surface area contributed by atoms with E-state index in [2.05, 4.69) is 32.9 Å². The molecule has 1 aromatic rings. The van der Waals surface area contributed by atoms with Crippen molar-refractivity contribution in [2.24, 2.45) is 4.99 Å². The molecular formula is C15H29N5OS. The lowest BCUT2D eigenvalue weighted by Crippen LogP contribution is -2.37. The number of hydrogen-bond acceptors (Lipinski definition) is 5. The maximum atomic E-state index is 5.53. The highest BCUT2D eigenvalue weighted by molar-refractivity contribution is 7.13. The minimum absolute atomic E-state index is 0.678. The topological polar surface area (TPSA) is 61.8 Å². The number of nitrogens with zero attached hydrogens (tertiary/aromatic N) is 3. The Labute approximate surface area is 138 Å². The van der Waals surface area contributed by atoms with Crippen molar-refractivity contribution in [3.05, 3.63) is 11.1 Å². The summed E-state index contributed by atoms with van der Waals surface area (Å²) in [7, 11) is 5.78. The number of aliphatic imine (C=N–C) groups is 1. The van der Waals surface area contributed by atoms with Gasteiger partial charge in [0.1, 0.15) is 0 Å². The molecule has 6 nitrogen and oxygen atoms in total. The standard InChI is InChI=1S/C15H29N5OS/c1-5-6-9-21-10-7-8-17-14(16-2)18-11-13-12-22-15(19-13)20(3)4/h12H,5-11H2,1-4H3,(H2,16,17,18). The Morgan fingerprint density at radius 2 is 2.09 bits per heavy atom. The molecule has 0 amide bonds. The Morgan fingerprint density at radius 3 is 2.73 bits per heavy atom. The van der Waals surface area contributed by atoms with Gasteiger partial charge in [-0.15, -0.1) is 11.3 Å². The number of rotatable bonds is 10. The monoisotopic (exact) mass is 327 g/mol. The molecule has 0 unspecified atom stereocenters. The Kier molecular flexibility index (Phi) is 9.57. The van der Waals surface area contributed by atoms with Gasteiger partial charge in [0.05, 0.1) is 12.2 Å². The highest BCUT2D eigenvalue weighted by Gasteiger charge is 2.04. The van der Waals surface area contributed by atoms with Crippen molar-refractivity contribution < 1.29 is 4.74 Å². The molecule has 126 valence electrons. The van der Waals surface area contributed by atoms with Crippen molar-refractivity contribution in [2.75, 3.05) is 45.8 Å². The largest absolute Gasteiger partial charge is 0.381 e. The lowest BCUT2D eigenvalue weighted by atomic mass is 10.4. The van der Waals surface area contributed by atoms with Crippen molar-refractivity contribution in [1.29, 1.82) is 0 Å². The van der Waals surface area contributed by atoms with E-state index in [0.29, 0.717) is 6.54 Å². The normalized spacial score (nSPS) is 11.5. The van der Waals surface area contributed by atoms with Crippen molar-refractivity contribution in [3.63, 3.8) is 0 Å². The second kappa shape index (κ2) is 11.3. The lowest BCUT2D eigenvalue weighted by molar-refractivity contribution is 0.129. The zero-order valence-corrected chi connectivity index (χ0v) is 15.0. The predicted octanol–water partition coefficient (Wildman–Crippen LogP) is 2.08. The highest BCUT2D eigenvalue weighted by atomic mass is 32.1. The molecular weight excluding hydrogens is 298 g/mol. The van der Waals surface area contributed by atoms with Crippen LogP contribution >= 0.6 is 11.3 Å². The fraction of sp³-hybridized carbons (Fsp3) is 0.733. The zero-order valence-electron chi connectivity index (χ0n) is 14.2.